The van der Waals surface area contributed by atoms with Crippen LogP contribution >= 0.6 is 0 Å². The van der Waals surface area contributed by atoms with Gasteiger partial charge >= 0.3 is 0 Å². The van der Waals surface area contributed by atoms with Gasteiger partial charge in [0.1, 0.15) is 0 Å². The molecule has 1 aliphatic carbocycles. The summed E-state index contributed by atoms with van der Waals surface area (Å²) in [6.45, 7) is 3.72. The van der Waals surface area contributed by atoms with Crippen molar-refractivity contribution < 1.29 is 19.8 Å². The Labute approximate surface area is 126 Å². The van der Waals surface area contributed by atoms with Crippen molar-refractivity contribution in [3.05, 3.63) is 0 Å². The highest BCUT2D eigenvalue weighted by Gasteiger charge is 2.37. The first kappa shape index (κ1) is 17.9. The Morgan fingerprint density at radius 1 is 0.952 bits per heavy atom. The molecular formula is C15H28N2O4. The first-order valence-corrected chi connectivity index (χ1v) is 7.72. The number of hydrogen-bond donors (Lipinski definition) is 4. The van der Waals surface area contributed by atoms with E-state index < -0.39 is 12.2 Å². The van der Waals surface area contributed by atoms with Crippen LogP contribution in [-0.2, 0) is 9.59 Å². The molecule has 0 saturated heterocycles. The van der Waals surface area contributed by atoms with Gasteiger partial charge in [-0.15, -0.1) is 0 Å². The first-order chi connectivity index (χ1) is 9.83. The molecule has 6 heteroatoms. The molecular weight excluding hydrogens is 272 g/mol. The summed E-state index contributed by atoms with van der Waals surface area (Å²) in [5, 5.41) is 23.8. The Hall–Kier alpha value is -1.14. The average Bonchev–Trinajstić information content (AvgIpc) is 2.82. The lowest BCUT2D eigenvalue weighted by molar-refractivity contribution is -0.127. The zero-order valence-electron chi connectivity index (χ0n) is 13.0. The van der Waals surface area contributed by atoms with E-state index in [0.29, 0.717) is 12.8 Å². The third-order valence-corrected chi connectivity index (χ3v) is 3.92. The van der Waals surface area contributed by atoms with Crippen LogP contribution in [0.2, 0.25) is 0 Å². The molecule has 6 nitrogen and oxygen atoms in total. The van der Waals surface area contributed by atoms with Crippen LogP contribution in [0.15, 0.2) is 0 Å². The molecule has 1 fully saturated rings. The Morgan fingerprint density at radius 3 is 1.67 bits per heavy atom. The summed E-state index contributed by atoms with van der Waals surface area (Å²) in [6.07, 6.45) is 3.32. The number of carbonyl (C=O) groups excluding carboxylic acids is 2. The highest BCUT2D eigenvalue weighted by Crippen LogP contribution is 2.43. The monoisotopic (exact) mass is 300 g/mol. The smallest absolute Gasteiger partial charge is 0.220 e. The molecule has 21 heavy (non-hydrogen) atoms. The zero-order valence-corrected chi connectivity index (χ0v) is 13.0. The van der Waals surface area contributed by atoms with Crippen molar-refractivity contribution in [1.82, 2.24) is 10.6 Å². The van der Waals surface area contributed by atoms with E-state index in [2.05, 4.69) is 10.6 Å². The minimum atomic E-state index is -0.567. The number of aliphatic hydroxyl groups is 2. The molecule has 2 atom stereocenters. The molecule has 0 aliphatic heterocycles. The van der Waals surface area contributed by atoms with E-state index in [4.69, 9.17) is 0 Å². The number of aliphatic hydroxyl groups excluding tert-OH is 2. The van der Waals surface area contributed by atoms with Gasteiger partial charge in [-0.2, -0.15) is 0 Å². The van der Waals surface area contributed by atoms with Crippen molar-refractivity contribution in [1.29, 1.82) is 0 Å². The van der Waals surface area contributed by atoms with E-state index in [-0.39, 0.29) is 30.3 Å². The number of carbonyl (C=O) groups is 2. The molecule has 0 spiro atoms. The van der Waals surface area contributed by atoms with Gasteiger partial charge in [0.25, 0.3) is 0 Å². The molecule has 0 aromatic heterocycles. The Bertz CT molecular complexity index is 322. The van der Waals surface area contributed by atoms with Gasteiger partial charge in [0.05, 0.1) is 12.2 Å². The van der Waals surface area contributed by atoms with Crippen molar-refractivity contribution in [2.45, 2.75) is 64.6 Å². The maximum absolute atomic E-state index is 12.0. The molecule has 1 aliphatic rings. The first-order valence-electron chi connectivity index (χ1n) is 7.72. The lowest BCUT2D eigenvalue weighted by Crippen LogP contribution is -2.38. The minimum Gasteiger partial charge on any atom is -0.392 e. The van der Waals surface area contributed by atoms with Gasteiger partial charge in [0.2, 0.25) is 11.8 Å². The van der Waals surface area contributed by atoms with Crippen LogP contribution in [0.5, 0.6) is 0 Å². The molecule has 0 bridgehead atoms. The van der Waals surface area contributed by atoms with Crippen molar-refractivity contribution in [3.63, 3.8) is 0 Å². The van der Waals surface area contributed by atoms with Crippen LogP contribution in [0.25, 0.3) is 0 Å². The fourth-order valence-corrected chi connectivity index (χ4v) is 2.87. The van der Waals surface area contributed by atoms with Crippen molar-refractivity contribution in [2.24, 2.45) is 5.41 Å². The number of amides is 2. The predicted molar refractivity (Wildman–Crippen MR) is 79.5 cm³/mol. The summed E-state index contributed by atoms with van der Waals surface area (Å²) in [7, 11) is 0. The zero-order chi connectivity index (χ0) is 15.9. The summed E-state index contributed by atoms with van der Waals surface area (Å²) in [5.74, 6) is -0.220. The van der Waals surface area contributed by atoms with E-state index in [0.717, 1.165) is 25.7 Å². The van der Waals surface area contributed by atoms with E-state index in [1.807, 2.05) is 0 Å². The van der Waals surface area contributed by atoms with Crippen LogP contribution in [0.3, 0.4) is 0 Å². The number of nitrogens with one attached hydrogen (secondary N) is 2. The quantitative estimate of drug-likeness (QED) is 0.519. The van der Waals surface area contributed by atoms with Crippen LogP contribution in [-0.4, -0.2) is 47.3 Å². The van der Waals surface area contributed by atoms with Gasteiger partial charge in [-0.05, 0) is 32.1 Å². The number of rotatable bonds is 8. The second kappa shape index (κ2) is 8.34. The maximum Gasteiger partial charge on any atom is 0.220 e. The van der Waals surface area contributed by atoms with Crippen molar-refractivity contribution in [3.8, 4) is 0 Å². The average molecular weight is 300 g/mol. The Kier molecular flexibility index (Phi) is 7.11. The van der Waals surface area contributed by atoms with Crippen molar-refractivity contribution in [2.75, 3.05) is 13.1 Å². The fraction of sp³-hybridized carbons (Fsp3) is 0.867. The third kappa shape index (κ3) is 6.91. The molecule has 1 saturated carbocycles. The Balaban J connectivity index is 2.50. The van der Waals surface area contributed by atoms with Gasteiger partial charge in [-0.25, -0.2) is 0 Å². The molecule has 122 valence electrons. The highest BCUT2D eigenvalue weighted by atomic mass is 16.3. The summed E-state index contributed by atoms with van der Waals surface area (Å²) in [6, 6.07) is 0. The number of hydrogen-bond acceptors (Lipinski definition) is 4. The van der Waals surface area contributed by atoms with Gasteiger partial charge in [0.15, 0.2) is 0 Å². The molecule has 0 aromatic rings. The topological polar surface area (TPSA) is 98.7 Å². The minimum absolute atomic E-state index is 0.110. The predicted octanol–water partition coefficient (Wildman–Crippen LogP) is 0.321. The molecule has 2 amide bonds. The summed E-state index contributed by atoms with van der Waals surface area (Å²) in [4.78, 5) is 23.9. The van der Waals surface area contributed by atoms with Gasteiger partial charge in [-0.1, -0.05) is 12.8 Å². The highest BCUT2D eigenvalue weighted by molar-refractivity contribution is 5.80. The molecule has 1 rings (SSSR count). The molecule has 0 radical (unpaired) electrons. The van der Waals surface area contributed by atoms with E-state index in [1.54, 1.807) is 13.8 Å². The standard InChI is InChI=1S/C15H28N2O4/c1-11(18)9-16-13(20)7-15(5-3-4-6-15)8-14(21)17-10-12(2)19/h11-12,18-19H,3-10H2,1-2H3,(H,16,20)(H,17,21)/t11-,12-/m0/s1. The SMILES string of the molecule is C[C@H](O)CNC(=O)CC1(CC(=O)NC[C@H](C)O)CCCC1. The van der Waals surface area contributed by atoms with Crippen LogP contribution in [0, 0.1) is 5.41 Å². The van der Waals surface area contributed by atoms with Gasteiger partial charge in [-0.3, -0.25) is 9.59 Å². The summed E-state index contributed by atoms with van der Waals surface area (Å²) < 4.78 is 0. The largest absolute Gasteiger partial charge is 0.392 e. The van der Waals surface area contributed by atoms with Gasteiger partial charge in [0, 0.05) is 25.9 Å². The van der Waals surface area contributed by atoms with E-state index in [9.17, 15) is 19.8 Å². The van der Waals surface area contributed by atoms with Crippen LogP contribution < -0.4 is 10.6 Å². The van der Waals surface area contributed by atoms with Crippen molar-refractivity contribution >= 4 is 11.8 Å². The van der Waals surface area contributed by atoms with Crippen LogP contribution in [0.4, 0.5) is 0 Å². The fourth-order valence-electron chi connectivity index (χ4n) is 2.87. The van der Waals surface area contributed by atoms with E-state index in [1.165, 1.54) is 0 Å². The second-order valence-corrected chi connectivity index (χ2v) is 6.37. The maximum atomic E-state index is 12.0. The van der Waals surface area contributed by atoms with Crippen LogP contribution in [0.1, 0.15) is 52.4 Å². The second-order valence-electron chi connectivity index (χ2n) is 6.37. The van der Waals surface area contributed by atoms with Gasteiger partial charge < -0.3 is 20.8 Å². The lowest BCUT2D eigenvalue weighted by atomic mass is 9.79. The van der Waals surface area contributed by atoms with E-state index >= 15 is 0 Å². The summed E-state index contributed by atoms with van der Waals surface area (Å²) >= 11 is 0. The molecule has 4 N–H and O–H groups in total. The third-order valence-electron chi connectivity index (χ3n) is 3.92. The summed E-state index contributed by atoms with van der Waals surface area (Å²) in [5.41, 5.74) is -0.272. The molecule has 0 unspecified atom stereocenters. The molecule has 0 aromatic carbocycles. The molecule has 0 heterocycles. The lowest BCUT2D eigenvalue weighted by Gasteiger charge is -2.28. The normalized spacial score (nSPS) is 19.8. The Morgan fingerprint density at radius 2 is 1.33 bits per heavy atom.